The van der Waals surface area contributed by atoms with Gasteiger partial charge in [0.25, 0.3) is 0 Å². The topological polar surface area (TPSA) is 93.1 Å². The minimum Gasteiger partial charge on any atom is -0.462 e. The largest absolute Gasteiger partial charge is 0.462 e. The van der Waals surface area contributed by atoms with Gasteiger partial charge in [-0.1, -0.05) is 41.5 Å². The molecule has 12 atom stereocenters. The monoisotopic (exact) mass is 530 g/mol. The molecule has 0 aromatic rings. The molecule has 1 saturated heterocycles. The molecular weight excluding hydrogens is 480 g/mol. The van der Waals surface area contributed by atoms with Crippen molar-refractivity contribution in [2.45, 2.75) is 130 Å². The van der Waals surface area contributed by atoms with E-state index in [1.54, 1.807) is 0 Å². The van der Waals surface area contributed by atoms with Crippen LogP contribution in [0.25, 0.3) is 0 Å². The number of aldehydes is 1. The van der Waals surface area contributed by atoms with Gasteiger partial charge in [-0.3, -0.25) is 4.79 Å². The number of fused-ring (bicyclic) bond motifs is 4. The van der Waals surface area contributed by atoms with Crippen LogP contribution < -0.4 is 0 Å². The molecule has 0 unspecified atom stereocenters. The Morgan fingerprint density at radius 1 is 0.868 bits per heavy atom. The number of carbonyl (C=O) groups excluding carboxylic acids is 2. The van der Waals surface area contributed by atoms with Crippen molar-refractivity contribution in [3.05, 3.63) is 0 Å². The Bertz CT molecular complexity index is 1040. The Morgan fingerprint density at radius 3 is 2.21 bits per heavy atom. The van der Waals surface area contributed by atoms with Crippen LogP contribution in [0.15, 0.2) is 0 Å². The van der Waals surface area contributed by atoms with E-state index < -0.39 is 28.6 Å². The molecule has 0 aromatic carbocycles. The van der Waals surface area contributed by atoms with E-state index in [0.29, 0.717) is 37.7 Å². The lowest BCUT2D eigenvalue weighted by Gasteiger charge is -2.75. The average Bonchev–Trinajstić information content (AvgIpc) is 3.10. The second-order valence-corrected chi connectivity index (χ2v) is 16.2. The SMILES string of the molecule is CC(=O)O[C@@H]1C[C@](C)(C=O)C[C@@H]2[C@]13CO[C@@]21CC[C@@H]2[C@@]4(C)CC[C@H](O)C(C)(C)[C@@H]4CC[C@@]2(C)[C@]1(C)C[C@H]3O. The standard InChI is InChI=1S/C32H50O6/c1-19(34)38-25-16-27(4,17-33)14-22-31(25)18-37-32(22)13-9-21-28(5)11-10-23(35)26(2,3)20(28)8-12-29(21,6)30(32,7)15-24(31)36/h17,20-25,35-36H,8-16,18H2,1-7H3/t20-,21+,22+,23-,24+,25+,27+,28-,29+,30-,31-,32-/m0/s1. The lowest BCUT2D eigenvalue weighted by atomic mass is 9.30. The van der Waals surface area contributed by atoms with Crippen LogP contribution in [0.2, 0.25) is 0 Å². The molecule has 6 heteroatoms. The van der Waals surface area contributed by atoms with Gasteiger partial charge in [0.05, 0.1) is 29.8 Å². The van der Waals surface area contributed by atoms with Gasteiger partial charge < -0.3 is 24.5 Å². The fraction of sp³-hybridized carbons (Fsp3) is 0.938. The van der Waals surface area contributed by atoms with E-state index in [0.717, 1.165) is 44.8 Å². The predicted molar refractivity (Wildman–Crippen MR) is 143 cm³/mol. The zero-order valence-corrected chi connectivity index (χ0v) is 24.6. The van der Waals surface area contributed by atoms with Crippen molar-refractivity contribution >= 4 is 12.3 Å². The normalized spacial score (nSPS) is 58.6. The van der Waals surface area contributed by atoms with E-state index in [1.807, 2.05) is 6.92 Å². The van der Waals surface area contributed by atoms with E-state index in [4.69, 9.17) is 9.47 Å². The summed E-state index contributed by atoms with van der Waals surface area (Å²) in [6, 6.07) is 0. The maximum Gasteiger partial charge on any atom is 0.302 e. The molecule has 0 amide bonds. The van der Waals surface area contributed by atoms with Gasteiger partial charge in [-0.15, -0.1) is 0 Å². The first-order valence-electron chi connectivity index (χ1n) is 15.2. The van der Waals surface area contributed by atoms with Crippen LogP contribution in [0, 0.1) is 50.2 Å². The van der Waals surface area contributed by atoms with Crippen molar-refractivity contribution in [3.63, 3.8) is 0 Å². The van der Waals surface area contributed by atoms with Crippen LogP contribution in [0.5, 0.6) is 0 Å². The van der Waals surface area contributed by atoms with Gasteiger partial charge >= 0.3 is 5.97 Å². The molecule has 1 heterocycles. The first-order chi connectivity index (χ1) is 17.6. The highest BCUT2D eigenvalue weighted by Gasteiger charge is 2.82. The number of aliphatic hydroxyl groups excluding tert-OH is 2. The summed E-state index contributed by atoms with van der Waals surface area (Å²) < 4.78 is 13.0. The van der Waals surface area contributed by atoms with Gasteiger partial charge in [0.15, 0.2) is 0 Å². The van der Waals surface area contributed by atoms with E-state index in [-0.39, 0.29) is 39.7 Å². The summed E-state index contributed by atoms with van der Waals surface area (Å²) in [5, 5.41) is 23.1. The van der Waals surface area contributed by atoms with Crippen LogP contribution in [-0.2, 0) is 19.1 Å². The number of ether oxygens (including phenoxy) is 2. The summed E-state index contributed by atoms with van der Waals surface area (Å²) in [5.41, 5.74) is -2.02. The molecule has 1 aliphatic heterocycles. The molecule has 6 nitrogen and oxygen atoms in total. The number of carbonyl (C=O) groups is 2. The number of hydrogen-bond acceptors (Lipinski definition) is 6. The second kappa shape index (κ2) is 7.85. The molecule has 5 saturated carbocycles. The average molecular weight is 531 g/mol. The van der Waals surface area contributed by atoms with Crippen molar-refractivity contribution in [1.29, 1.82) is 0 Å². The fourth-order valence-electron chi connectivity index (χ4n) is 12.5. The summed E-state index contributed by atoms with van der Waals surface area (Å²) in [4.78, 5) is 24.7. The molecule has 38 heavy (non-hydrogen) atoms. The Morgan fingerprint density at radius 2 is 1.55 bits per heavy atom. The molecule has 0 aromatic heterocycles. The number of rotatable bonds is 2. The number of hydrogen-bond donors (Lipinski definition) is 2. The summed E-state index contributed by atoms with van der Waals surface area (Å²) in [7, 11) is 0. The van der Waals surface area contributed by atoms with Crippen LogP contribution in [0.1, 0.15) is 106 Å². The van der Waals surface area contributed by atoms with Crippen LogP contribution in [0.4, 0.5) is 0 Å². The van der Waals surface area contributed by atoms with Crippen molar-refractivity contribution in [3.8, 4) is 0 Å². The third kappa shape index (κ3) is 2.91. The zero-order valence-electron chi connectivity index (χ0n) is 24.6. The van der Waals surface area contributed by atoms with Gasteiger partial charge in [0.1, 0.15) is 12.4 Å². The summed E-state index contributed by atoms with van der Waals surface area (Å²) in [5.74, 6) is 0.548. The highest BCUT2D eigenvalue weighted by molar-refractivity contribution is 5.67. The third-order valence-corrected chi connectivity index (χ3v) is 14.6. The lowest BCUT2D eigenvalue weighted by Crippen LogP contribution is -2.75. The summed E-state index contributed by atoms with van der Waals surface area (Å²) in [6.07, 6.45) is 7.37. The Labute approximate surface area is 228 Å². The maximum atomic E-state index is 12.5. The van der Waals surface area contributed by atoms with Gasteiger partial charge in [-0.25, -0.2) is 0 Å². The van der Waals surface area contributed by atoms with E-state index in [2.05, 4.69) is 34.6 Å². The van der Waals surface area contributed by atoms with Gasteiger partial charge in [-0.05, 0) is 85.9 Å². The van der Waals surface area contributed by atoms with Crippen molar-refractivity contribution in [2.75, 3.05) is 6.61 Å². The molecule has 6 aliphatic rings. The first kappa shape index (κ1) is 27.2. The fourth-order valence-corrected chi connectivity index (χ4v) is 12.5. The van der Waals surface area contributed by atoms with Gasteiger partial charge in [0, 0.05) is 23.7 Å². The molecule has 214 valence electrons. The summed E-state index contributed by atoms with van der Waals surface area (Å²) >= 11 is 0. The predicted octanol–water partition coefficient (Wildman–Crippen LogP) is 5.07. The second-order valence-electron chi connectivity index (χ2n) is 16.2. The van der Waals surface area contributed by atoms with Crippen LogP contribution in [0.3, 0.4) is 0 Å². The Kier molecular flexibility index (Phi) is 5.62. The first-order valence-corrected chi connectivity index (χ1v) is 15.2. The van der Waals surface area contributed by atoms with E-state index in [9.17, 15) is 19.8 Å². The maximum absolute atomic E-state index is 12.5. The summed E-state index contributed by atoms with van der Waals surface area (Å²) in [6.45, 7) is 15.7. The zero-order chi connectivity index (χ0) is 27.7. The lowest BCUT2D eigenvalue weighted by molar-refractivity contribution is -0.303. The number of esters is 1. The smallest absolute Gasteiger partial charge is 0.302 e. The third-order valence-electron chi connectivity index (χ3n) is 14.6. The molecular formula is C32H50O6. The van der Waals surface area contributed by atoms with Crippen LogP contribution in [-0.4, -0.2) is 53.0 Å². The highest BCUT2D eigenvalue weighted by Crippen LogP contribution is 2.80. The Balaban J connectivity index is 1.46. The highest BCUT2D eigenvalue weighted by atomic mass is 16.6. The van der Waals surface area contributed by atoms with E-state index >= 15 is 0 Å². The quantitative estimate of drug-likeness (QED) is 0.382. The van der Waals surface area contributed by atoms with E-state index in [1.165, 1.54) is 6.92 Å². The van der Waals surface area contributed by atoms with Gasteiger partial charge in [-0.2, -0.15) is 0 Å². The molecule has 1 spiro atoms. The van der Waals surface area contributed by atoms with Crippen molar-refractivity contribution in [2.24, 2.45) is 50.2 Å². The number of aliphatic hydroxyl groups is 2. The van der Waals surface area contributed by atoms with Gasteiger partial charge in [0.2, 0.25) is 0 Å². The molecule has 6 rings (SSSR count). The Hall–Kier alpha value is -0.980. The van der Waals surface area contributed by atoms with Crippen molar-refractivity contribution in [1.82, 2.24) is 0 Å². The molecule has 0 radical (unpaired) electrons. The van der Waals surface area contributed by atoms with Crippen molar-refractivity contribution < 1.29 is 29.3 Å². The molecule has 2 N–H and O–H groups in total. The minimum atomic E-state index is -0.658. The minimum absolute atomic E-state index is 0.0371. The molecule has 6 fully saturated rings. The molecule has 5 aliphatic carbocycles. The molecule has 2 bridgehead atoms. The van der Waals surface area contributed by atoms with Crippen LogP contribution >= 0.6 is 0 Å².